The van der Waals surface area contributed by atoms with Gasteiger partial charge in [0.25, 0.3) is 5.91 Å². The maximum absolute atomic E-state index is 14.6. The van der Waals surface area contributed by atoms with E-state index >= 15 is 0 Å². The van der Waals surface area contributed by atoms with Crippen molar-refractivity contribution in [3.05, 3.63) is 36.0 Å². The van der Waals surface area contributed by atoms with Crippen LogP contribution in [0.2, 0.25) is 0 Å². The Balaban J connectivity index is 1.39. The number of sulfonamides is 1. The molecule has 0 spiro atoms. The third kappa shape index (κ3) is 8.90. The molecule has 0 radical (unpaired) electrons. The Kier molecular flexibility index (Phi) is 11.7. The van der Waals surface area contributed by atoms with Crippen LogP contribution in [0.1, 0.15) is 71.4 Å². The maximum atomic E-state index is 14.6. The Morgan fingerprint density at radius 3 is 2.53 bits per heavy atom. The predicted molar refractivity (Wildman–Crippen MR) is 196 cm³/mol. The smallest absolute Gasteiger partial charge is 0.438 e. The molecule has 6 rings (SSSR count). The van der Waals surface area contributed by atoms with Gasteiger partial charge in [0.05, 0.1) is 35.5 Å². The van der Waals surface area contributed by atoms with Crippen molar-refractivity contribution in [2.75, 3.05) is 26.9 Å². The van der Waals surface area contributed by atoms with Crippen molar-refractivity contribution in [2.24, 2.45) is 17.8 Å². The number of methoxy groups -OCH3 is 1. The van der Waals surface area contributed by atoms with E-state index in [4.69, 9.17) is 14.2 Å². The minimum absolute atomic E-state index is 0.0173. The lowest BCUT2D eigenvalue weighted by atomic mass is 9.87. The molecule has 3 heterocycles. The van der Waals surface area contributed by atoms with Crippen LogP contribution in [-0.2, 0) is 35.3 Å². The van der Waals surface area contributed by atoms with Crippen molar-refractivity contribution < 1.29 is 60.1 Å². The summed E-state index contributed by atoms with van der Waals surface area (Å²) in [6.45, 7) is 4.88. The van der Waals surface area contributed by atoms with Gasteiger partial charge in [0.1, 0.15) is 29.5 Å². The number of aromatic nitrogens is 2. The third-order valence-corrected chi connectivity index (χ3v) is 13.4. The van der Waals surface area contributed by atoms with Gasteiger partial charge in [-0.1, -0.05) is 19.1 Å². The molecule has 0 bridgehead atoms. The first kappa shape index (κ1) is 41.9. The van der Waals surface area contributed by atoms with Gasteiger partial charge in [0.2, 0.25) is 33.4 Å². The summed E-state index contributed by atoms with van der Waals surface area (Å²) in [4.78, 5) is 63.8. The Bertz CT molecular complexity index is 2050. The minimum atomic E-state index is -5.03. The fraction of sp³-hybridized carbons (Fsp3) is 0.622. The van der Waals surface area contributed by atoms with Crippen LogP contribution >= 0.6 is 0 Å². The van der Waals surface area contributed by atoms with Gasteiger partial charge in [-0.25, -0.2) is 23.2 Å². The monoisotopic (exact) mass is 824 g/mol. The van der Waals surface area contributed by atoms with Crippen molar-refractivity contribution in [3.8, 4) is 11.6 Å². The Labute approximate surface area is 327 Å². The van der Waals surface area contributed by atoms with E-state index in [1.54, 1.807) is 13.0 Å². The molecule has 1 aromatic carbocycles. The molecule has 2 aliphatic carbocycles. The number of rotatable bonds is 10. The summed E-state index contributed by atoms with van der Waals surface area (Å²) in [5.41, 5.74) is -3.26. The van der Waals surface area contributed by atoms with Crippen LogP contribution in [0.3, 0.4) is 0 Å². The highest BCUT2D eigenvalue weighted by Gasteiger charge is 2.63. The van der Waals surface area contributed by atoms with Gasteiger partial charge >= 0.3 is 12.3 Å². The average Bonchev–Trinajstić information content (AvgIpc) is 4.01. The highest BCUT2D eigenvalue weighted by Crippen LogP contribution is 2.48. The Morgan fingerprint density at radius 1 is 1.14 bits per heavy atom. The number of carbonyl (C=O) groups is 4. The zero-order valence-electron chi connectivity index (χ0n) is 31.9. The summed E-state index contributed by atoms with van der Waals surface area (Å²) < 4.78 is 87.3. The number of amides is 4. The van der Waals surface area contributed by atoms with E-state index in [2.05, 4.69) is 25.3 Å². The second kappa shape index (κ2) is 15.9. The fourth-order valence-electron chi connectivity index (χ4n) is 7.62. The lowest BCUT2D eigenvalue weighted by Gasteiger charge is -2.33. The molecule has 1 aromatic heterocycles. The quantitative estimate of drug-likeness (QED) is 0.253. The van der Waals surface area contributed by atoms with Gasteiger partial charge in [0, 0.05) is 31.4 Å². The first-order chi connectivity index (χ1) is 26.8. The van der Waals surface area contributed by atoms with Crippen molar-refractivity contribution in [1.29, 1.82) is 0 Å². The number of alkyl halides is 3. The number of allylic oxidation sites excluding steroid dienone is 1. The van der Waals surface area contributed by atoms with E-state index in [-0.39, 0.29) is 36.6 Å². The number of nitrogens with one attached hydrogen (secondary N) is 3. The molecule has 2 aliphatic heterocycles. The van der Waals surface area contributed by atoms with Gasteiger partial charge in [-0.2, -0.15) is 13.2 Å². The zero-order valence-corrected chi connectivity index (χ0v) is 32.7. The topological polar surface area (TPSA) is 215 Å². The van der Waals surface area contributed by atoms with Crippen LogP contribution in [0, 0.1) is 17.8 Å². The Hall–Kier alpha value is -4.72. The van der Waals surface area contributed by atoms with E-state index in [0.29, 0.717) is 37.9 Å². The minimum Gasteiger partial charge on any atom is -0.494 e. The number of hydrogen-bond acceptors (Lipinski definition) is 11. The molecule has 16 nitrogen and oxygen atoms in total. The van der Waals surface area contributed by atoms with Gasteiger partial charge in [-0.3, -0.25) is 19.1 Å². The molecule has 2 aromatic rings. The van der Waals surface area contributed by atoms with E-state index < -0.39 is 105 Å². The molecule has 4 aliphatic rings. The lowest BCUT2D eigenvalue weighted by molar-refractivity contribution is -0.143. The number of carbonyl (C=O) groups excluding carboxylic acids is 3. The molecular weight excluding hydrogens is 777 g/mol. The summed E-state index contributed by atoms with van der Waals surface area (Å²) in [5, 5.41) is 14.8. The number of ether oxygens (including phenoxy) is 3. The standard InChI is InChI=1S/C37H47F3N6O10S/c1-5-55-23-10-11-25-26(15-23)42-31(29(41-25)37(38,39)40)56-24-16-27-30(47)44-36(33(49)45-57(52,53)35(3)12-13-35)17-22(36)9-7-6-8-20(2)14-21(19-54-4)28(43-34(50)51)32(48)46(27)18-24/h7,9-11,15,20-22,24,27-28,43H,5-6,8,12-14,16-19H2,1-4H3,(H,44,47)(H,45,49)(H,50,51)/b9-7-/t20-,21-,22+,24+,27-,28-,36+/m0/s1. The first-order valence-electron chi connectivity index (χ1n) is 18.8. The molecule has 1 saturated heterocycles. The van der Waals surface area contributed by atoms with E-state index in [1.807, 2.05) is 13.0 Å². The SMILES string of the molecule is CCOc1ccc2nc(C(F)(F)F)c(O[C@@H]3C[C@H]4C(=O)N[C@]5(C(=O)NS(=O)(=O)C6(C)CC6)C[C@H]5/C=C\CC[C@H](C)C[C@@H](COC)[C@H](NC(=O)O)C(=O)N4C3)nc2c1. The predicted octanol–water partition coefficient (Wildman–Crippen LogP) is 3.54. The summed E-state index contributed by atoms with van der Waals surface area (Å²) >= 11 is 0. The van der Waals surface area contributed by atoms with Gasteiger partial charge in [-0.15, -0.1) is 0 Å². The summed E-state index contributed by atoms with van der Waals surface area (Å²) in [6, 6.07) is 1.19. The molecule has 4 N–H and O–H groups in total. The second-order valence-corrected chi connectivity index (χ2v) is 17.8. The van der Waals surface area contributed by atoms with Crippen molar-refractivity contribution in [3.63, 3.8) is 0 Å². The third-order valence-electron chi connectivity index (χ3n) is 11.2. The highest BCUT2D eigenvalue weighted by atomic mass is 32.2. The molecule has 2 saturated carbocycles. The largest absolute Gasteiger partial charge is 0.494 e. The first-order valence-corrected chi connectivity index (χ1v) is 20.3. The lowest BCUT2D eigenvalue weighted by Crippen LogP contribution is -2.59. The molecule has 20 heteroatoms. The van der Waals surface area contributed by atoms with Crippen LogP contribution in [0.25, 0.3) is 11.0 Å². The zero-order chi connectivity index (χ0) is 41.5. The molecule has 4 amide bonds. The van der Waals surface area contributed by atoms with E-state index in [1.165, 1.54) is 32.2 Å². The maximum Gasteiger partial charge on any atom is 0.438 e. The Morgan fingerprint density at radius 2 is 1.88 bits per heavy atom. The van der Waals surface area contributed by atoms with Crippen LogP contribution in [-0.4, -0.2) is 108 Å². The fourth-order valence-corrected chi connectivity index (χ4v) is 8.94. The number of carboxylic acid groups (broad SMARTS) is 1. The van der Waals surface area contributed by atoms with Crippen LogP contribution < -0.4 is 24.8 Å². The number of hydrogen-bond donors (Lipinski definition) is 4. The van der Waals surface area contributed by atoms with Gasteiger partial charge < -0.3 is 34.9 Å². The van der Waals surface area contributed by atoms with Gasteiger partial charge in [-0.05, 0) is 70.4 Å². The number of nitrogens with zero attached hydrogens (tertiary/aromatic N) is 3. The molecular formula is C37H47F3N6O10S. The normalized spacial score (nSPS) is 29.5. The number of halogens is 3. The van der Waals surface area contributed by atoms with Crippen LogP contribution in [0.4, 0.5) is 18.0 Å². The highest BCUT2D eigenvalue weighted by molar-refractivity contribution is 7.91. The van der Waals surface area contributed by atoms with E-state index in [9.17, 15) is 45.9 Å². The van der Waals surface area contributed by atoms with E-state index in [0.717, 1.165) is 4.90 Å². The molecule has 312 valence electrons. The van der Waals surface area contributed by atoms with Crippen LogP contribution in [0.5, 0.6) is 11.6 Å². The summed E-state index contributed by atoms with van der Waals surface area (Å²) in [6.07, 6.45) is -2.56. The van der Waals surface area contributed by atoms with Gasteiger partial charge in [0.15, 0.2) is 0 Å². The molecule has 0 unspecified atom stereocenters. The molecule has 7 atom stereocenters. The van der Waals surface area contributed by atoms with Crippen molar-refractivity contribution >= 4 is 44.9 Å². The van der Waals surface area contributed by atoms with Crippen LogP contribution in [0.15, 0.2) is 30.4 Å². The second-order valence-electron chi connectivity index (χ2n) is 15.6. The van der Waals surface area contributed by atoms with Crippen molar-refractivity contribution in [1.82, 2.24) is 30.2 Å². The molecule has 3 fully saturated rings. The average molecular weight is 825 g/mol. The summed E-state index contributed by atoms with van der Waals surface area (Å²) in [7, 11) is -2.73. The number of benzene rings is 1. The number of fused-ring (bicyclic) bond motifs is 3. The molecule has 57 heavy (non-hydrogen) atoms. The van der Waals surface area contributed by atoms with Crippen molar-refractivity contribution in [2.45, 2.75) is 100 Å². The summed E-state index contributed by atoms with van der Waals surface area (Å²) in [5.74, 6) is -4.76.